The Bertz CT molecular complexity index is 1080. The van der Waals surface area contributed by atoms with Crippen molar-refractivity contribution in [1.29, 1.82) is 0 Å². The summed E-state index contributed by atoms with van der Waals surface area (Å²) in [6.45, 7) is 4.32. The molecule has 0 spiro atoms. The SMILES string of the molecule is CCNC(=NCc1nc2ccccc2n1C)NCCCN1C(=O)C2C3C=CC(C3)C2C1=O.I. The van der Waals surface area contributed by atoms with Gasteiger partial charge in [-0.2, -0.15) is 0 Å². The number of carbonyl (C=O) groups is 2. The number of likely N-dealkylation sites (tertiary alicyclic amines) is 1. The molecule has 176 valence electrons. The number of aliphatic imine (C=N–C) groups is 1. The Labute approximate surface area is 210 Å². The molecule has 5 rings (SSSR count). The Kier molecular flexibility index (Phi) is 7.06. The van der Waals surface area contributed by atoms with Gasteiger partial charge in [-0.3, -0.25) is 14.5 Å². The van der Waals surface area contributed by atoms with Gasteiger partial charge in [0.1, 0.15) is 12.4 Å². The third-order valence-corrected chi connectivity index (χ3v) is 7.02. The second-order valence-electron chi connectivity index (χ2n) is 8.88. The Morgan fingerprint density at radius 1 is 1.12 bits per heavy atom. The summed E-state index contributed by atoms with van der Waals surface area (Å²) in [4.78, 5) is 36.4. The first-order chi connectivity index (χ1) is 15.6. The van der Waals surface area contributed by atoms with E-state index in [4.69, 9.17) is 0 Å². The van der Waals surface area contributed by atoms with E-state index in [1.54, 1.807) is 0 Å². The first-order valence-electron chi connectivity index (χ1n) is 11.5. The second-order valence-corrected chi connectivity index (χ2v) is 8.88. The number of allylic oxidation sites excluding steroid dienone is 2. The minimum absolute atomic E-state index is 0. The molecule has 9 heteroatoms. The molecule has 2 amide bonds. The number of aromatic nitrogens is 2. The van der Waals surface area contributed by atoms with Gasteiger partial charge < -0.3 is 15.2 Å². The monoisotopic (exact) mass is 562 g/mol. The third kappa shape index (κ3) is 4.27. The number of rotatable bonds is 7. The molecule has 0 radical (unpaired) electrons. The van der Waals surface area contributed by atoms with Crippen LogP contribution in [0.2, 0.25) is 0 Å². The van der Waals surface area contributed by atoms with Crippen LogP contribution in [0.5, 0.6) is 0 Å². The van der Waals surface area contributed by atoms with Crippen molar-refractivity contribution < 1.29 is 9.59 Å². The van der Waals surface area contributed by atoms with E-state index in [1.165, 1.54) is 4.90 Å². The molecule has 4 atom stereocenters. The molecule has 1 aliphatic heterocycles. The lowest BCUT2D eigenvalue weighted by Crippen LogP contribution is -2.40. The summed E-state index contributed by atoms with van der Waals surface area (Å²) in [6.07, 6.45) is 5.92. The van der Waals surface area contributed by atoms with Gasteiger partial charge in [-0.15, -0.1) is 24.0 Å². The third-order valence-electron chi connectivity index (χ3n) is 7.02. The average Bonchev–Trinajstić information content (AvgIpc) is 3.54. The van der Waals surface area contributed by atoms with E-state index < -0.39 is 0 Å². The van der Waals surface area contributed by atoms with E-state index in [1.807, 2.05) is 32.2 Å². The predicted octanol–water partition coefficient (Wildman–Crippen LogP) is 2.44. The van der Waals surface area contributed by atoms with E-state index >= 15 is 0 Å². The lowest BCUT2D eigenvalue weighted by Gasteiger charge is -2.18. The van der Waals surface area contributed by atoms with E-state index in [9.17, 15) is 9.59 Å². The highest BCUT2D eigenvalue weighted by Crippen LogP contribution is 2.52. The first-order valence-corrected chi connectivity index (χ1v) is 11.5. The summed E-state index contributed by atoms with van der Waals surface area (Å²) in [5, 5.41) is 6.57. The van der Waals surface area contributed by atoms with Gasteiger partial charge in [0.2, 0.25) is 11.8 Å². The largest absolute Gasteiger partial charge is 0.357 e. The van der Waals surface area contributed by atoms with Crippen LogP contribution < -0.4 is 10.6 Å². The normalized spacial score (nSPS) is 25.6. The zero-order valence-corrected chi connectivity index (χ0v) is 21.4. The summed E-state index contributed by atoms with van der Waals surface area (Å²) in [5.74, 6) is 1.96. The lowest BCUT2D eigenvalue weighted by molar-refractivity contribution is -0.140. The van der Waals surface area contributed by atoms with Crippen LogP contribution in [-0.2, 0) is 23.2 Å². The van der Waals surface area contributed by atoms with Gasteiger partial charge in [-0.05, 0) is 43.7 Å². The number of imide groups is 1. The predicted molar refractivity (Wildman–Crippen MR) is 138 cm³/mol. The standard InChI is InChI=1S/C24H30N6O2.HI/c1-3-25-24(27-14-19-28-17-7-4-5-8-18(17)29(19)2)26-11-6-12-30-22(31)20-15-9-10-16(13-15)21(20)23(30)32;/h4-5,7-10,15-16,20-21H,3,6,11-14H2,1-2H3,(H2,25,26,27);1H. The van der Waals surface area contributed by atoms with Gasteiger partial charge in [-0.1, -0.05) is 24.3 Å². The minimum atomic E-state index is -0.113. The summed E-state index contributed by atoms with van der Waals surface area (Å²) in [5.41, 5.74) is 2.05. The molecule has 1 saturated heterocycles. The van der Waals surface area contributed by atoms with Gasteiger partial charge in [0.15, 0.2) is 5.96 Å². The van der Waals surface area contributed by atoms with E-state index in [-0.39, 0.29) is 59.5 Å². The molecular weight excluding hydrogens is 531 g/mol. The highest BCUT2D eigenvalue weighted by molar-refractivity contribution is 14.0. The minimum Gasteiger partial charge on any atom is -0.357 e. The zero-order chi connectivity index (χ0) is 22.2. The Morgan fingerprint density at radius 2 is 1.82 bits per heavy atom. The first kappa shape index (κ1) is 23.7. The molecule has 33 heavy (non-hydrogen) atoms. The lowest BCUT2D eigenvalue weighted by atomic mass is 9.85. The highest BCUT2D eigenvalue weighted by atomic mass is 127. The molecule has 1 aromatic carbocycles. The van der Waals surface area contributed by atoms with Crippen LogP contribution in [0.25, 0.3) is 11.0 Å². The number of halogens is 1. The van der Waals surface area contributed by atoms with E-state index in [0.717, 1.165) is 29.8 Å². The number of aryl methyl sites for hydroxylation is 1. The van der Waals surface area contributed by atoms with Gasteiger partial charge in [0, 0.05) is 26.7 Å². The van der Waals surface area contributed by atoms with Gasteiger partial charge in [-0.25, -0.2) is 9.98 Å². The number of guanidine groups is 1. The fourth-order valence-corrected chi connectivity index (χ4v) is 5.46. The quantitative estimate of drug-likeness (QED) is 0.135. The molecule has 2 aliphatic carbocycles. The molecule has 1 aromatic heterocycles. The number of nitrogens with zero attached hydrogens (tertiary/aromatic N) is 4. The topological polar surface area (TPSA) is 91.6 Å². The van der Waals surface area contributed by atoms with Crippen molar-refractivity contribution in [3.05, 3.63) is 42.2 Å². The molecule has 2 aromatic rings. The van der Waals surface area contributed by atoms with Crippen LogP contribution in [0.4, 0.5) is 0 Å². The van der Waals surface area contributed by atoms with Crippen molar-refractivity contribution in [1.82, 2.24) is 25.1 Å². The molecule has 2 heterocycles. The molecular formula is C24H31IN6O2. The zero-order valence-electron chi connectivity index (χ0n) is 19.0. The maximum Gasteiger partial charge on any atom is 0.233 e. The van der Waals surface area contributed by atoms with Crippen LogP contribution in [0, 0.1) is 23.7 Å². The summed E-state index contributed by atoms with van der Waals surface area (Å²) < 4.78 is 2.06. The highest BCUT2D eigenvalue weighted by Gasteiger charge is 2.58. The van der Waals surface area contributed by atoms with Crippen LogP contribution in [0.15, 0.2) is 41.4 Å². The van der Waals surface area contributed by atoms with Gasteiger partial charge in [0.25, 0.3) is 0 Å². The molecule has 8 nitrogen and oxygen atoms in total. The molecule has 2 fully saturated rings. The Hall–Kier alpha value is -2.43. The smallest absolute Gasteiger partial charge is 0.233 e. The fraction of sp³-hybridized carbons (Fsp3) is 0.500. The summed E-state index contributed by atoms with van der Waals surface area (Å²) in [6, 6.07) is 8.05. The van der Waals surface area contributed by atoms with Crippen LogP contribution in [-0.4, -0.2) is 51.9 Å². The van der Waals surface area contributed by atoms with Gasteiger partial charge in [0.05, 0.1) is 22.9 Å². The number of hydrogen-bond donors (Lipinski definition) is 2. The van der Waals surface area contributed by atoms with Crippen molar-refractivity contribution in [2.24, 2.45) is 35.7 Å². The maximum atomic E-state index is 12.8. The van der Waals surface area contributed by atoms with E-state index in [0.29, 0.717) is 32.0 Å². The number of hydrogen-bond acceptors (Lipinski definition) is 4. The number of benzene rings is 1. The maximum absolute atomic E-state index is 12.8. The van der Waals surface area contributed by atoms with Crippen molar-refractivity contribution in [3.63, 3.8) is 0 Å². The van der Waals surface area contributed by atoms with Crippen molar-refractivity contribution >= 4 is 52.8 Å². The van der Waals surface area contributed by atoms with Crippen molar-refractivity contribution in [2.45, 2.75) is 26.3 Å². The molecule has 2 N–H and O–H groups in total. The number of nitrogens with one attached hydrogen (secondary N) is 2. The number of carbonyl (C=O) groups excluding carboxylic acids is 2. The Morgan fingerprint density at radius 3 is 2.48 bits per heavy atom. The number of para-hydroxylation sites is 2. The van der Waals surface area contributed by atoms with Crippen LogP contribution in [0.3, 0.4) is 0 Å². The second kappa shape index (κ2) is 9.82. The molecule has 4 unspecified atom stereocenters. The number of amides is 2. The average molecular weight is 562 g/mol. The van der Waals surface area contributed by atoms with Gasteiger partial charge >= 0.3 is 0 Å². The Balaban J connectivity index is 0.00000259. The molecule has 1 saturated carbocycles. The van der Waals surface area contributed by atoms with Crippen LogP contribution >= 0.6 is 24.0 Å². The number of imidazole rings is 1. The summed E-state index contributed by atoms with van der Waals surface area (Å²) in [7, 11) is 2.00. The molecule has 3 aliphatic rings. The van der Waals surface area contributed by atoms with E-state index in [2.05, 4.69) is 43.4 Å². The molecule has 2 bridgehead atoms. The fourth-order valence-electron chi connectivity index (χ4n) is 5.46. The number of fused-ring (bicyclic) bond motifs is 6. The van der Waals surface area contributed by atoms with Crippen LogP contribution in [0.1, 0.15) is 25.6 Å². The van der Waals surface area contributed by atoms with Crippen molar-refractivity contribution in [3.8, 4) is 0 Å². The van der Waals surface area contributed by atoms with Crippen molar-refractivity contribution in [2.75, 3.05) is 19.6 Å². The summed E-state index contributed by atoms with van der Waals surface area (Å²) >= 11 is 0.